The van der Waals surface area contributed by atoms with Gasteiger partial charge in [-0.2, -0.15) is 0 Å². The topological polar surface area (TPSA) is 43.8 Å². The number of carbonyl (C=O) groups is 1. The minimum Gasteiger partial charge on any atom is -0.480 e. The second kappa shape index (κ2) is 5.15. The van der Waals surface area contributed by atoms with Crippen molar-refractivity contribution in [1.82, 2.24) is 9.80 Å². The van der Waals surface area contributed by atoms with Gasteiger partial charge in [0.15, 0.2) is 0 Å². The molecule has 1 saturated heterocycles. The molecule has 0 aromatic carbocycles. The van der Waals surface area contributed by atoms with Crippen LogP contribution in [0.5, 0.6) is 0 Å². The average Bonchev–Trinajstić information content (AvgIpc) is 2.46. The van der Waals surface area contributed by atoms with Gasteiger partial charge in [0.05, 0.1) is 13.1 Å². The number of nitrogens with zero attached hydrogens (tertiary/aromatic N) is 2. The van der Waals surface area contributed by atoms with Crippen molar-refractivity contribution < 1.29 is 9.90 Å². The van der Waals surface area contributed by atoms with Gasteiger partial charge >= 0.3 is 5.97 Å². The van der Waals surface area contributed by atoms with Crippen LogP contribution in [0, 0.1) is 12.3 Å². The van der Waals surface area contributed by atoms with Crippen LogP contribution in [-0.2, 0) is 4.79 Å². The molecule has 4 heteroatoms. The average molecular weight is 210 g/mol. The van der Waals surface area contributed by atoms with Crippen LogP contribution in [0.15, 0.2) is 0 Å². The Morgan fingerprint density at radius 2 is 2.40 bits per heavy atom. The van der Waals surface area contributed by atoms with E-state index in [2.05, 4.69) is 24.8 Å². The Bertz CT molecular complexity index is 262. The maximum Gasteiger partial charge on any atom is 0.317 e. The largest absolute Gasteiger partial charge is 0.480 e. The molecule has 0 bridgehead atoms. The van der Waals surface area contributed by atoms with Gasteiger partial charge in [0.25, 0.3) is 0 Å². The van der Waals surface area contributed by atoms with Crippen molar-refractivity contribution >= 4 is 5.97 Å². The zero-order valence-electron chi connectivity index (χ0n) is 9.31. The molecule has 15 heavy (non-hydrogen) atoms. The van der Waals surface area contributed by atoms with Crippen molar-refractivity contribution in [3.8, 4) is 12.3 Å². The predicted molar refractivity (Wildman–Crippen MR) is 58.5 cm³/mol. The van der Waals surface area contributed by atoms with Crippen LogP contribution >= 0.6 is 0 Å². The maximum absolute atomic E-state index is 10.7. The molecule has 0 aromatic rings. The molecule has 0 spiro atoms. The molecule has 1 heterocycles. The van der Waals surface area contributed by atoms with Crippen LogP contribution in [0.3, 0.4) is 0 Å². The lowest BCUT2D eigenvalue weighted by molar-refractivity contribution is -0.138. The summed E-state index contributed by atoms with van der Waals surface area (Å²) in [6, 6.07) is 0.779. The second-order valence-corrected chi connectivity index (χ2v) is 4.18. The van der Waals surface area contributed by atoms with E-state index in [9.17, 15) is 4.79 Å². The third-order valence-corrected chi connectivity index (χ3v) is 3.01. The van der Waals surface area contributed by atoms with Gasteiger partial charge in [0.1, 0.15) is 0 Å². The van der Waals surface area contributed by atoms with Crippen molar-refractivity contribution in [2.24, 2.45) is 0 Å². The van der Waals surface area contributed by atoms with Gasteiger partial charge in [0.2, 0.25) is 0 Å². The van der Waals surface area contributed by atoms with E-state index < -0.39 is 5.97 Å². The minimum atomic E-state index is -0.813. The molecule has 1 fully saturated rings. The highest BCUT2D eigenvalue weighted by Gasteiger charge is 2.30. The molecule has 1 aliphatic heterocycles. The Kier molecular flexibility index (Phi) is 4.13. The first-order valence-corrected chi connectivity index (χ1v) is 5.14. The smallest absolute Gasteiger partial charge is 0.317 e. The third kappa shape index (κ3) is 3.22. The first-order chi connectivity index (χ1) is 7.04. The number of carboxylic acid groups (broad SMARTS) is 1. The number of hydrogen-bond donors (Lipinski definition) is 1. The Morgan fingerprint density at radius 1 is 1.73 bits per heavy atom. The summed E-state index contributed by atoms with van der Waals surface area (Å²) in [6.45, 7) is 3.50. The Morgan fingerprint density at radius 3 is 2.80 bits per heavy atom. The molecule has 1 rings (SSSR count). The molecule has 0 radical (unpaired) electrons. The summed E-state index contributed by atoms with van der Waals surface area (Å²) >= 11 is 0. The Hall–Kier alpha value is -1.05. The van der Waals surface area contributed by atoms with E-state index in [-0.39, 0.29) is 12.6 Å². The van der Waals surface area contributed by atoms with Crippen molar-refractivity contribution in [3.63, 3.8) is 0 Å². The molecule has 1 aliphatic rings. The second-order valence-electron chi connectivity index (χ2n) is 4.18. The van der Waals surface area contributed by atoms with Crippen LogP contribution in [0.2, 0.25) is 0 Å². The van der Waals surface area contributed by atoms with Gasteiger partial charge in [0, 0.05) is 18.6 Å². The summed E-state index contributed by atoms with van der Waals surface area (Å²) in [7, 11) is 2.06. The zero-order chi connectivity index (χ0) is 11.4. The zero-order valence-corrected chi connectivity index (χ0v) is 9.31. The van der Waals surface area contributed by atoms with E-state index >= 15 is 0 Å². The van der Waals surface area contributed by atoms with Crippen molar-refractivity contribution in [2.75, 3.05) is 26.7 Å². The van der Waals surface area contributed by atoms with Crippen molar-refractivity contribution in [2.45, 2.75) is 25.4 Å². The molecule has 2 unspecified atom stereocenters. The quantitative estimate of drug-likeness (QED) is 0.668. The SMILES string of the molecule is C#CCN(CC(=O)O)C1CC(C)N(C)C1. The van der Waals surface area contributed by atoms with Gasteiger partial charge in [-0.3, -0.25) is 9.69 Å². The molecule has 4 nitrogen and oxygen atoms in total. The summed E-state index contributed by atoms with van der Waals surface area (Å²) in [6.07, 6.45) is 6.24. The summed E-state index contributed by atoms with van der Waals surface area (Å²) in [5.41, 5.74) is 0. The first-order valence-electron chi connectivity index (χ1n) is 5.14. The van der Waals surface area contributed by atoms with Gasteiger partial charge in [-0.15, -0.1) is 6.42 Å². The number of hydrogen-bond acceptors (Lipinski definition) is 3. The fraction of sp³-hybridized carbons (Fsp3) is 0.727. The normalized spacial score (nSPS) is 26.8. The number of rotatable bonds is 4. The predicted octanol–water partition coefficient (Wildman–Crippen LogP) is 0.0988. The van der Waals surface area contributed by atoms with Gasteiger partial charge < -0.3 is 10.0 Å². The van der Waals surface area contributed by atoms with Crippen molar-refractivity contribution in [1.29, 1.82) is 0 Å². The molecule has 0 aliphatic carbocycles. The summed E-state index contributed by atoms with van der Waals surface area (Å²) < 4.78 is 0. The number of likely N-dealkylation sites (tertiary alicyclic amines) is 1. The molecule has 0 aromatic heterocycles. The van der Waals surface area contributed by atoms with E-state index in [1.54, 1.807) is 0 Å². The molecule has 0 amide bonds. The minimum absolute atomic E-state index is 0.0371. The summed E-state index contributed by atoms with van der Waals surface area (Å²) in [5, 5.41) is 8.78. The molecule has 2 atom stereocenters. The van der Waals surface area contributed by atoms with Crippen LogP contribution in [0.4, 0.5) is 0 Å². The summed E-state index contributed by atoms with van der Waals surface area (Å²) in [4.78, 5) is 14.8. The van der Waals surface area contributed by atoms with E-state index in [4.69, 9.17) is 11.5 Å². The highest BCUT2D eigenvalue weighted by Crippen LogP contribution is 2.19. The lowest BCUT2D eigenvalue weighted by atomic mass is 10.1. The fourth-order valence-electron chi connectivity index (χ4n) is 2.03. The highest BCUT2D eigenvalue weighted by atomic mass is 16.4. The standard InChI is InChI=1S/C11H18N2O2/c1-4-5-13(8-11(14)15)10-6-9(2)12(3)7-10/h1,9-10H,5-8H2,2-3H3,(H,14,15). The number of terminal acetylenes is 1. The molecular formula is C11H18N2O2. The summed E-state index contributed by atoms with van der Waals surface area (Å²) in [5.74, 6) is 1.71. The van der Waals surface area contributed by atoms with E-state index in [1.807, 2.05) is 4.90 Å². The Labute approximate surface area is 90.9 Å². The van der Waals surface area contributed by atoms with Gasteiger partial charge in [-0.25, -0.2) is 0 Å². The molecule has 0 saturated carbocycles. The van der Waals surface area contributed by atoms with Crippen LogP contribution in [0.25, 0.3) is 0 Å². The molecule has 1 N–H and O–H groups in total. The van der Waals surface area contributed by atoms with Crippen LogP contribution < -0.4 is 0 Å². The number of carboxylic acids is 1. The third-order valence-electron chi connectivity index (χ3n) is 3.01. The number of likely N-dealkylation sites (N-methyl/N-ethyl adjacent to an activating group) is 1. The van der Waals surface area contributed by atoms with Gasteiger partial charge in [-0.1, -0.05) is 5.92 Å². The first kappa shape index (κ1) is 12.0. The maximum atomic E-state index is 10.7. The van der Waals surface area contributed by atoms with Gasteiger partial charge in [-0.05, 0) is 20.4 Å². The lowest BCUT2D eigenvalue weighted by Gasteiger charge is -2.24. The van der Waals surface area contributed by atoms with E-state index in [1.165, 1.54) is 0 Å². The van der Waals surface area contributed by atoms with Crippen LogP contribution in [-0.4, -0.2) is 59.6 Å². The van der Waals surface area contributed by atoms with E-state index in [0.29, 0.717) is 12.6 Å². The fourth-order valence-corrected chi connectivity index (χ4v) is 2.03. The Balaban J connectivity index is 2.57. The monoisotopic (exact) mass is 210 g/mol. The lowest BCUT2D eigenvalue weighted by Crippen LogP contribution is -2.40. The van der Waals surface area contributed by atoms with Crippen molar-refractivity contribution in [3.05, 3.63) is 0 Å². The molecular weight excluding hydrogens is 192 g/mol. The highest BCUT2D eigenvalue weighted by molar-refractivity contribution is 5.69. The van der Waals surface area contributed by atoms with Crippen LogP contribution in [0.1, 0.15) is 13.3 Å². The number of aliphatic carboxylic acids is 1. The van der Waals surface area contributed by atoms with E-state index in [0.717, 1.165) is 13.0 Å². The molecule has 84 valence electrons.